The average Bonchev–Trinajstić information content (AvgIpc) is 2.67. The van der Waals surface area contributed by atoms with Gasteiger partial charge in [-0.3, -0.25) is 0 Å². The van der Waals surface area contributed by atoms with Crippen LogP contribution in [0.15, 0.2) is 42.6 Å². The van der Waals surface area contributed by atoms with E-state index in [-0.39, 0.29) is 0 Å². The van der Waals surface area contributed by atoms with Crippen LogP contribution >= 0.6 is 0 Å². The first-order chi connectivity index (χ1) is 12.2. The van der Waals surface area contributed by atoms with Crippen LogP contribution in [-0.4, -0.2) is 11.6 Å². The van der Waals surface area contributed by atoms with Crippen LogP contribution in [0.2, 0.25) is 0 Å². The van der Waals surface area contributed by atoms with Crippen LogP contribution in [0.5, 0.6) is 5.75 Å². The number of rotatable bonds is 7. The Morgan fingerprint density at radius 3 is 2.44 bits per heavy atom. The topological polar surface area (TPSA) is 22.1 Å². The van der Waals surface area contributed by atoms with E-state index in [9.17, 15) is 4.39 Å². The van der Waals surface area contributed by atoms with Gasteiger partial charge in [-0.05, 0) is 86.1 Å². The zero-order valence-electron chi connectivity index (χ0n) is 15.1. The van der Waals surface area contributed by atoms with Gasteiger partial charge in [0.15, 0.2) is 0 Å². The Morgan fingerprint density at radius 1 is 1.04 bits per heavy atom. The van der Waals surface area contributed by atoms with Crippen molar-refractivity contribution in [2.24, 2.45) is 5.92 Å². The number of hydrogen-bond acceptors (Lipinski definition) is 2. The number of nitrogens with zero attached hydrogens (tertiary/aromatic N) is 1. The summed E-state index contributed by atoms with van der Waals surface area (Å²) in [6, 6.07) is 12.0. The molecule has 0 spiro atoms. The number of ether oxygens (including phenoxy) is 1. The summed E-state index contributed by atoms with van der Waals surface area (Å²) in [5.74, 6) is 2.06. The summed E-state index contributed by atoms with van der Waals surface area (Å²) in [4.78, 5) is 3.74. The Hall–Kier alpha value is -1.90. The molecule has 134 valence electrons. The highest BCUT2D eigenvalue weighted by Crippen LogP contribution is 2.37. The van der Waals surface area contributed by atoms with Crippen molar-refractivity contribution >= 4 is 0 Å². The Morgan fingerprint density at radius 2 is 1.80 bits per heavy atom. The molecule has 0 bridgehead atoms. The monoisotopic (exact) mass is 341 g/mol. The number of aromatic nitrogens is 1. The van der Waals surface area contributed by atoms with Crippen LogP contribution < -0.4 is 4.74 Å². The summed E-state index contributed by atoms with van der Waals surface area (Å²) in [5.41, 5.74) is 2.59. The van der Waals surface area contributed by atoms with Crippen molar-refractivity contribution in [3.05, 3.63) is 59.7 Å². The van der Waals surface area contributed by atoms with Crippen molar-refractivity contribution < 1.29 is 9.13 Å². The predicted molar refractivity (Wildman–Crippen MR) is 99.4 cm³/mol. The van der Waals surface area contributed by atoms with Gasteiger partial charge in [-0.1, -0.05) is 25.1 Å². The molecule has 1 fully saturated rings. The molecule has 3 heteroatoms. The van der Waals surface area contributed by atoms with Crippen LogP contribution in [0.4, 0.5) is 4.39 Å². The normalized spacial score (nSPS) is 20.4. The van der Waals surface area contributed by atoms with Crippen LogP contribution in [0.25, 0.3) is 0 Å². The standard InChI is InChI=1S/C22H28FNO/c1-2-15-25-21-12-10-20(11-13-21)19-8-5-17(6-9-19)3-4-18-7-14-22(23)24-16-18/h7,10-14,16-17,19H,2-6,8-9,15H2,1H3. The third kappa shape index (κ3) is 5.29. The summed E-state index contributed by atoms with van der Waals surface area (Å²) in [5, 5.41) is 0. The Bertz CT molecular complexity index is 630. The molecule has 25 heavy (non-hydrogen) atoms. The van der Waals surface area contributed by atoms with E-state index in [1.807, 2.05) is 6.07 Å². The Labute approximate surface area is 150 Å². The van der Waals surface area contributed by atoms with E-state index in [4.69, 9.17) is 4.74 Å². The summed E-state index contributed by atoms with van der Waals surface area (Å²) in [7, 11) is 0. The number of benzene rings is 1. The fraction of sp³-hybridized carbons (Fsp3) is 0.500. The fourth-order valence-electron chi connectivity index (χ4n) is 3.77. The van der Waals surface area contributed by atoms with Crippen molar-refractivity contribution in [3.63, 3.8) is 0 Å². The number of hydrogen-bond donors (Lipinski definition) is 0. The van der Waals surface area contributed by atoms with Crippen molar-refractivity contribution in [2.45, 2.75) is 57.8 Å². The molecule has 0 aliphatic heterocycles. The number of pyridine rings is 1. The molecule has 0 N–H and O–H groups in total. The lowest BCUT2D eigenvalue weighted by Crippen LogP contribution is -2.14. The van der Waals surface area contributed by atoms with Gasteiger partial charge in [-0.15, -0.1) is 0 Å². The van der Waals surface area contributed by atoms with Gasteiger partial charge in [-0.2, -0.15) is 4.39 Å². The van der Waals surface area contributed by atoms with E-state index in [0.717, 1.165) is 36.7 Å². The first-order valence-corrected chi connectivity index (χ1v) is 9.57. The quantitative estimate of drug-likeness (QED) is 0.584. The van der Waals surface area contributed by atoms with Crippen molar-refractivity contribution in [2.75, 3.05) is 6.61 Å². The summed E-state index contributed by atoms with van der Waals surface area (Å²) in [6.45, 7) is 2.91. The van der Waals surface area contributed by atoms with Gasteiger partial charge < -0.3 is 4.74 Å². The maximum Gasteiger partial charge on any atom is 0.212 e. The third-order valence-electron chi connectivity index (χ3n) is 5.30. The lowest BCUT2D eigenvalue weighted by atomic mass is 9.77. The minimum atomic E-state index is -0.393. The maximum atomic E-state index is 12.9. The van der Waals surface area contributed by atoms with Crippen LogP contribution in [-0.2, 0) is 6.42 Å². The lowest BCUT2D eigenvalue weighted by Gasteiger charge is -2.29. The molecule has 1 aliphatic rings. The lowest BCUT2D eigenvalue weighted by molar-refractivity contribution is 0.308. The molecular weight excluding hydrogens is 313 g/mol. The molecule has 2 aromatic rings. The maximum absolute atomic E-state index is 12.9. The summed E-state index contributed by atoms with van der Waals surface area (Å²) >= 11 is 0. The molecular formula is C22H28FNO. The van der Waals surface area contributed by atoms with E-state index in [1.54, 1.807) is 6.20 Å². The Kier molecular flexibility index (Phi) is 6.43. The van der Waals surface area contributed by atoms with Gasteiger partial charge in [0.2, 0.25) is 5.95 Å². The number of halogens is 1. The van der Waals surface area contributed by atoms with Crippen molar-refractivity contribution in [1.82, 2.24) is 4.98 Å². The predicted octanol–water partition coefficient (Wildman–Crippen LogP) is 5.92. The van der Waals surface area contributed by atoms with Crippen molar-refractivity contribution in [1.29, 1.82) is 0 Å². The summed E-state index contributed by atoms with van der Waals surface area (Å²) < 4.78 is 18.5. The van der Waals surface area contributed by atoms with E-state index < -0.39 is 5.95 Å². The molecule has 1 aliphatic carbocycles. The largest absolute Gasteiger partial charge is 0.494 e. The first kappa shape index (κ1) is 17.9. The minimum Gasteiger partial charge on any atom is -0.494 e. The van der Waals surface area contributed by atoms with Crippen molar-refractivity contribution in [3.8, 4) is 5.75 Å². The molecule has 1 heterocycles. The van der Waals surface area contributed by atoms with E-state index in [2.05, 4.69) is 36.2 Å². The zero-order valence-corrected chi connectivity index (χ0v) is 15.1. The highest BCUT2D eigenvalue weighted by Gasteiger charge is 2.22. The highest BCUT2D eigenvalue weighted by atomic mass is 19.1. The summed E-state index contributed by atoms with van der Waals surface area (Å²) in [6.07, 6.45) is 10.0. The molecule has 3 rings (SSSR count). The number of aryl methyl sites for hydroxylation is 1. The van der Waals surface area contributed by atoms with E-state index in [1.165, 1.54) is 43.7 Å². The van der Waals surface area contributed by atoms with Gasteiger partial charge in [-0.25, -0.2) is 4.98 Å². The Balaban J connectivity index is 1.44. The third-order valence-corrected chi connectivity index (χ3v) is 5.30. The second-order valence-electron chi connectivity index (χ2n) is 7.16. The molecule has 1 aromatic heterocycles. The first-order valence-electron chi connectivity index (χ1n) is 9.57. The molecule has 0 unspecified atom stereocenters. The van der Waals surface area contributed by atoms with Crippen LogP contribution in [0.3, 0.4) is 0 Å². The van der Waals surface area contributed by atoms with Gasteiger partial charge in [0.1, 0.15) is 5.75 Å². The van der Waals surface area contributed by atoms with Crippen LogP contribution in [0.1, 0.15) is 62.5 Å². The average molecular weight is 341 g/mol. The molecule has 0 radical (unpaired) electrons. The van der Waals surface area contributed by atoms with Crippen LogP contribution in [0, 0.1) is 11.9 Å². The molecule has 0 saturated heterocycles. The van der Waals surface area contributed by atoms with E-state index in [0.29, 0.717) is 5.92 Å². The second-order valence-corrected chi connectivity index (χ2v) is 7.16. The van der Waals surface area contributed by atoms with Gasteiger partial charge >= 0.3 is 0 Å². The molecule has 0 atom stereocenters. The second kappa shape index (κ2) is 8.98. The van der Waals surface area contributed by atoms with Gasteiger partial charge in [0, 0.05) is 6.20 Å². The van der Waals surface area contributed by atoms with E-state index >= 15 is 0 Å². The molecule has 1 aromatic carbocycles. The minimum absolute atomic E-state index is 0.393. The van der Waals surface area contributed by atoms with Gasteiger partial charge in [0.05, 0.1) is 6.61 Å². The smallest absolute Gasteiger partial charge is 0.212 e. The van der Waals surface area contributed by atoms with Gasteiger partial charge in [0.25, 0.3) is 0 Å². The molecule has 2 nitrogen and oxygen atoms in total. The zero-order chi connectivity index (χ0) is 17.5. The highest BCUT2D eigenvalue weighted by molar-refractivity contribution is 5.29. The SMILES string of the molecule is CCCOc1ccc(C2CCC(CCc3ccc(F)nc3)CC2)cc1. The molecule has 1 saturated carbocycles. The molecule has 0 amide bonds. The fourth-order valence-corrected chi connectivity index (χ4v) is 3.77.